The average Bonchev–Trinajstić information content (AvgIpc) is 3.06. The second-order valence-electron chi connectivity index (χ2n) is 5.41. The molecular weight excluding hydrogens is 290 g/mol. The fraction of sp³-hybridized carbons (Fsp3) is 0.158. The Bertz CT molecular complexity index is 801. The standard InChI is InChI=1S/C19H17NO3/c1-2-3-13-4-6-15(7-5-13)18-12-17(20-23-18)14-8-10-16(11-9-14)19(21)22/h4-12H,2-3H2,1H3,(H,21,22). The summed E-state index contributed by atoms with van der Waals surface area (Å²) in [5.74, 6) is -0.241. The number of carboxylic acids is 1. The van der Waals surface area contributed by atoms with Crippen molar-refractivity contribution in [1.82, 2.24) is 5.16 Å². The Labute approximate surface area is 134 Å². The van der Waals surface area contributed by atoms with Crippen LogP contribution in [0.25, 0.3) is 22.6 Å². The first-order chi connectivity index (χ1) is 11.2. The van der Waals surface area contributed by atoms with Crippen molar-refractivity contribution in [3.8, 4) is 22.6 Å². The molecule has 0 aliphatic rings. The number of hydrogen-bond acceptors (Lipinski definition) is 3. The van der Waals surface area contributed by atoms with Gasteiger partial charge in [-0.1, -0.05) is 54.9 Å². The molecule has 0 unspecified atom stereocenters. The first-order valence-corrected chi connectivity index (χ1v) is 7.57. The van der Waals surface area contributed by atoms with Crippen molar-refractivity contribution in [3.63, 3.8) is 0 Å². The molecule has 3 rings (SSSR count). The van der Waals surface area contributed by atoms with E-state index in [4.69, 9.17) is 9.63 Å². The number of benzene rings is 2. The molecule has 0 saturated carbocycles. The Kier molecular flexibility index (Phi) is 4.24. The molecule has 1 N–H and O–H groups in total. The fourth-order valence-corrected chi connectivity index (χ4v) is 2.46. The summed E-state index contributed by atoms with van der Waals surface area (Å²) in [6.07, 6.45) is 2.19. The third-order valence-electron chi connectivity index (χ3n) is 3.71. The number of nitrogens with zero attached hydrogens (tertiary/aromatic N) is 1. The minimum absolute atomic E-state index is 0.254. The lowest BCUT2D eigenvalue weighted by molar-refractivity contribution is 0.0697. The van der Waals surface area contributed by atoms with Crippen molar-refractivity contribution in [2.45, 2.75) is 19.8 Å². The van der Waals surface area contributed by atoms with Crippen LogP contribution in [0.1, 0.15) is 29.3 Å². The molecule has 0 bridgehead atoms. The molecule has 4 nitrogen and oxygen atoms in total. The van der Waals surface area contributed by atoms with Gasteiger partial charge in [0.25, 0.3) is 0 Å². The van der Waals surface area contributed by atoms with Crippen molar-refractivity contribution >= 4 is 5.97 Å². The molecule has 0 amide bonds. The van der Waals surface area contributed by atoms with Crippen molar-refractivity contribution in [1.29, 1.82) is 0 Å². The average molecular weight is 307 g/mol. The van der Waals surface area contributed by atoms with E-state index in [0.29, 0.717) is 11.5 Å². The minimum atomic E-state index is -0.940. The number of carbonyl (C=O) groups is 1. The maximum Gasteiger partial charge on any atom is 0.335 e. The Morgan fingerprint density at radius 1 is 1.04 bits per heavy atom. The van der Waals surface area contributed by atoms with Gasteiger partial charge in [-0.05, 0) is 24.1 Å². The van der Waals surface area contributed by atoms with Gasteiger partial charge in [-0.3, -0.25) is 0 Å². The van der Waals surface area contributed by atoms with E-state index in [0.717, 1.165) is 24.0 Å². The number of aromatic nitrogens is 1. The van der Waals surface area contributed by atoms with E-state index >= 15 is 0 Å². The molecular formula is C19H17NO3. The van der Waals surface area contributed by atoms with Gasteiger partial charge in [0.2, 0.25) is 0 Å². The van der Waals surface area contributed by atoms with Crippen LogP contribution in [0, 0.1) is 0 Å². The number of rotatable bonds is 5. The second-order valence-corrected chi connectivity index (χ2v) is 5.41. The molecule has 0 fully saturated rings. The van der Waals surface area contributed by atoms with Crippen LogP contribution in [-0.2, 0) is 6.42 Å². The summed E-state index contributed by atoms with van der Waals surface area (Å²) in [4.78, 5) is 10.9. The molecule has 0 atom stereocenters. The van der Waals surface area contributed by atoms with Crippen LogP contribution >= 0.6 is 0 Å². The van der Waals surface area contributed by atoms with Crippen molar-refractivity contribution in [3.05, 3.63) is 65.7 Å². The van der Waals surface area contributed by atoms with Crippen molar-refractivity contribution in [2.75, 3.05) is 0 Å². The Morgan fingerprint density at radius 2 is 1.70 bits per heavy atom. The van der Waals surface area contributed by atoms with Crippen LogP contribution in [-0.4, -0.2) is 16.2 Å². The molecule has 0 aliphatic heterocycles. The van der Waals surface area contributed by atoms with Gasteiger partial charge >= 0.3 is 5.97 Å². The summed E-state index contributed by atoms with van der Waals surface area (Å²) in [7, 11) is 0. The molecule has 0 aliphatic carbocycles. The molecule has 3 aromatic rings. The quantitative estimate of drug-likeness (QED) is 0.744. The van der Waals surface area contributed by atoms with Crippen LogP contribution in [0.5, 0.6) is 0 Å². The lowest BCUT2D eigenvalue weighted by Crippen LogP contribution is -1.94. The summed E-state index contributed by atoms with van der Waals surface area (Å²) >= 11 is 0. The van der Waals surface area contributed by atoms with Crippen LogP contribution in [0.3, 0.4) is 0 Å². The summed E-state index contributed by atoms with van der Waals surface area (Å²) in [6, 6.07) is 16.7. The van der Waals surface area contributed by atoms with E-state index in [1.54, 1.807) is 24.3 Å². The van der Waals surface area contributed by atoms with Crippen LogP contribution < -0.4 is 0 Å². The van der Waals surface area contributed by atoms with E-state index in [2.05, 4.69) is 24.2 Å². The van der Waals surface area contributed by atoms with E-state index in [1.165, 1.54) is 5.56 Å². The largest absolute Gasteiger partial charge is 0.478 e. The number of carboxylic acid groups (broad SMARTS) is 1. The van der Waals surface area contributed by atoms with E-state index in [-0.39, 0.29) is 5.56 Å². The van der Waals surface area contributed by atoms with Gasteiger partial charge in [0, 0.05) is 17.2 Å². The van der Waals surface area contributed by atoms with Gasteiger partial charge in [0.15, 0.2) is 5.76 Å². The highest BCUT2D eigenvalue weighted by molar-refractivity contribution is 5.88. The summed E-state index contributed by atoms with van der Waals surface area (Å²) in [5, 5.41) is 13.0. The molecule has 4 heteroatoms. The highest BCUT2D eigenvalue weighted by Gasteiger charge is 2.10. The highest BCUT2D eigenvalue weighted by atomic mass is 16.5. The van der Waals surface area contributed by atoms with E-state index < -0.39 is 5.97 Å². The molecule has 0 spiro atoms. The third-order valence-corrected chi connectivity index (χ3v) is 3.71. The Hall–Kier alpha value is -2.88. The number of aryl methyl sites for hydroxylation is 1. The summed E-state index contributed by atoms with van der Waals surface area (Å²) in [6.45, 7) is 2.16. The predicted octanol–water partition coefficient (Wildman–Crippen LogP) is 4.66. The lowest BCUT2D eigenvalue weighted by Gasteiger charge is -1.99. The molecule has 2 aromatic carbocycles. The molecule has 0 saturated heterocycles. The zero-order chi connectivity index (χ0) is 16.2. The maximum absolute atomic E-state index is 10.9. The van der Waals surface area contributed by atoms with Crippen molar-refractivity contribution < 1.29 is 14.4 Å². The zero-order valence-corrected chi connectivity index (χ0v) is 12.8. The van der Waals surface area contributed by atoms with Crippen LogP contribution in [0.2, 0.25) is 0 Å². The molecule has 116 valence electrons. The molecule has 1 aromatic heterocycles. The SMILES string of the molecule is CCCc1ccc(-c2cc(-c3ccc(C(=O)O)cc3)no2)cc1. The monoisotopic (exact) mass is 307 g/mol. The third kappa shape index (κ3) is 3.31. The summed E-state index contributed by atoms with van der Waals surface area (Å²) in [5.41, 5.74) is 4.05. The smallest absolute Gasteiger partial charge is 0.335 e. The van der Waals surface area contributed by atoms with Gasteiger partial charge in [-0.25, -0.2) is 4.79 Å². The van der Waals surface area contributed by atoms with Gasteiger partial charge in [-0.2, -0.15) is 0 Å². The second kappa shape index (κ2) is 6.48. The first kappa shape index (κ1) is 15.0. The fourth-order valence-electron chi connectivity index (χ4n) is 2.46. The van der Waals surface area contributed by atoms with E-state index in [9.17, 15) is 4.79 Å². The van der Waals surface area contributed by atoms with Gasteiger partial charge in [0.05, 0.1) is 5.56 Å². The highest BCUT2D eigenvalue weighted by Crippen LogP contribution is 2.26. The number of hydrogen-bond donors (Lipinski definition) is 1. The normalized spacial score (nSPS) is 10.7. The zero-order valence-electron chi connectivity index (χ0n) is 12.8. The van der Waals surface area contributed by atoms with Crippen molar-refractivity contribution in [2.24, 2.45) is 0 Å². The molecule has 1 heterocycles. The van der Waals surface area contributed by atoms with E-state index in [1.807, 2.05) is 18.2 Å². The van der Waals surface area contributed by atoms with Gasteiger partial charge in [0.1, 0.15) is 5.69 Å². The van der Waals surface area contributed by atoms with Gasteiger partial charge < -0.3 is 9.63 Å². The summed E-state index contributed by atoms with van der Waals surface area (Å²) < 4.78 is 5.42. The Balaban J connectivity index is 1.83. The molecule has 23 heavy (non-hydrogen) atoms. The predicted molar refractivity (Wildman–Crippen MR) is 88.3 cm³/mol. The number of aromatic carboxylic acids is 1. The maximum atomic E-state index is 10.9. The van der Waals surface area contributed by atoms with Crippen LogP contribution in [0.4, 0.5) is 0 Å². The lowest BCUT2D eigenvalue weighted by atomic mass is 10.1. The van der Waals surface area contributed by atoms with Gasteiger partial charge in [-0.15, -0.1) is 0 Å². The Morgan fingerprint density at radius 3 is 2.30 bits per heavy atom. The van der Waals surface area contributed by atoms with Crippen LogP contribution in [0.15, 0.2) is 59.1 Å². The first-order valence-electron chi connectivity index (χ1n) is 7.57. The topological polar surface area (TPSA) is 63.3 Å². The molecule has 0 radical (unpaired) electrons. The minimum Gasteiger partial charge on any atom is -0.478 e.